The quantitative estimate of drug-likeness (QED) is 0.593. The molecule has 1 aromatic carbocycles. The summed E-state index contributed by atoms with van der Waals surface area (Å²) in [5.41, 5.74) is 1.16. The number of hydrogen-bond donors (Lipinski definition) is 0. The topological polar surface area (TPSA) is 46.6 Å². The lowest BCUT2D eigenvalue weighted by Crippen LogP contribution is -2.40. The molecule has 2 rings (SSSR count). The number of rotatable bonds is 4. The minimum atomic E-state index is -0.377. The van der Waals surface area contributed by atoms with Gasteiger partial charge in [-0.25, -0.2) is 4.79 Å². The van der Waals surface area contributed by atoms with Crippen molar-refractivity contribution in [2.45, 2.75) is 25.9 Å². The first-order chi connectivity index (χ1) is 11.3. The number of piperidine rings is 1. The number of hydrogen-bond acceptors (Lipinski definition) is 3. The Labute approximate surface area is 151 Å². The second-order valence-corrected chi connectivity index (χ2v) is 6.62. The van der Waals surface area contributed by atoms with E-state index in [1.165, 1.54) is 6.08 Å². The molecule has 0 atom stereocenters. The van der Waals surface area contributed by atoms with Crippen LogP contribution in [0.3, 0.4) is 0 Å². The summed E-state index contributed by atoms with van der Waals surface area (Å²) in [5, 5.41) is 1.05. The van der Waals surface area contributed by atoms with E-state index in [0.29, 0.717) is 41.5 Å². The van der Waals surface area contributed by atoms with Gasteiger partial charge in [-0.05, 0) is 36.8 Å². The number of likely N-dealkylation sites (tertiary alicyclic amines) is 1. The average molecular weight is 368 g/mol. The zero-order valence-electron chi connectivity index (χ0n) is 13.4. The minimum absolute atomic E-state index is 0.0872. The lowest BCUT2D eigenvalue weighted by Gasteiger charge is -2.31. The van der Waals surface area contributed by atoms with Gasteiger partial charge in [0.05, 0.1) is 0 Å². The molecule has 1 aliphatic rings. The van der Waals surface area contributed by atoms with Gasteiger partial charge in [0.25, 0.3) is 0 Å². The Morgan fingerprint density at radius 2 is 1.79 bits per heavy atom. The van der Waals surface area contributed by atoms with E-state index in [1.54, 1.807) is 36.1 Å². The van der Waals surface area contributed by atoms with Crippen molar-refractivity contribution in [3.05, 3.63) is 52.0 Å². The van der Waals surface area contributed by atoms with Gasteiger partial charge in [0.2, 0.25) is 5.91 Å². The normalized spacial score (nSPS) is 15.5. The molecule has 1 aliphatic heterocycles. The molecule has 1 aromatic rings. The van der Waals surface area contributed by atoms with Gasteiger partial charge in [-0.2, -0.15) is 0 Å². The standard InChI is InChI=1S/C18H19Cl2NO3/c1-12(2)18(23)24-16-5-7-21(8-6-16)17(22)4-3-13-9-14(19)11-15(20)10-13/h3-4,9-11,16H,1,5-8H2,2H3/b4-3+. The van der Waals surface area contributed by atoms with Crippen molar-refractivity contribution < 1.29 is 14.3 Å². The molecule has 128 valence electrons. The van der Waals surface area contributed by atoms with Crippen molar-refractivity contribution in [1.82, 2.24) is 4.90 Å². The predicted molar refractivity (Wildman–Crippen MR) is 96.0 cm³/mol. The smallest absolute Gasteiger partial charge is 0.333 e. The molecule has 24 heavy (non-hydrogen) atoms. The Bertz CT molecular complexity index is 657. The van der Waals surface area contributed by atoms with Crippen LogP contribution < -0.4 is 0 Å². The molecule has 0 aliphatic carbocycles. The second kappa shape index (κ2) is 8.36. The molecule has 0 spiro atoms. The monoisotopic (exact) mass is 367 g/mol. The third-order valence-corrected chi connectivity index (χ3v) is 4.12. The Morgan fingerprint density at radius 1 is 1.21 bits per heavy atom. The summed E-state index contributed by atoms with van der Waals surface area (Å²) >= 11 is 11.9. The van der Waals surface area contributed by atoms with E-state index in [0.717, 1.165) is 5.56 Å². The highest BCUT2D eigenvalue weighted by Crippen LogP contribution is 2.20. The van der Waals surface area contributed by atoms with Gasteiger partial charge in [-0.1, -0.05) is 29.8 Å². The summed E-state index contributed by atoms with van der Waals surface area (Å²) in [5.74, 6) is -0.465. The number of amides is 1. The maximum absolute atomic E-state index is 12.2. The number of carbonyl (C=O) groups is 2. The van der Waals surface area contributed by atoms with Crippen LogP contribution in [-0.2, 0) is 14.3 Å². The van der Waals surface area contributed by atoms with Crippen LogP contribution in [0.2, 0.25) is 10.0 Å². The summed E-state index contributed by atoms with van der Waals surface area (Å²) in [7, 11) is 0. The van der Waals surface area contributed by atoms with Crippen molar-refractivity contribution >= 4 is 41.2 Å². The van der Waals surface area contributed by atoms with Crippen LogP contribution in [0.1, 0.15) is 25.3 Å². The lowest BCUT2D eigenvalue weighted by molar-refractivity contribution is -0.147. The Morgan fingerprint density at radius 3 is 2.33 bits per heavy atom. The van der Waals surface area contributed by atoms with Crippen LogP contribution in [0.5, 0.6) is 0 Å². The van der Waals surface area contributed by atoms with Crippen LogP contribution in [0.15, 0.2) is 36.4 Å². The van der Waals surface area contributed by atoms with Crippen LogP contribution in [0.25, 0.3) is 6.08 Å². The highest BCUT2D eigenvalue weighted by Gasteiger charge is 2.24. The summed E-state index contributed by atoms with van der Waals surface area (Å²) in [6.07, 6.45) is 4.28. The van der Waals surface area contributed by atoms with E-state index < -0.39 is 0 Å². The summed E-state index contributed by atoms with van der Waals surface area (Å²) in [4.78, 5) is 25.5. The van der Waals surface area contributed by atoms with Gasteiger partial charge < -0.3 is 9.64 Å². The third kappa shape index (κ3) is 5.39. The van der Waals surface area contributed by atoms with Crippen molar-refractivity contribution in [1.29, 1.82) is 0 Å². The molecule has 1 fully saturated rings. The zero-order chi connectivity index (χ0) is 17.7. The largest absolute Gasteiger partial charge is 0.459 e. The SMILES string of the molecule is C=C(C)C(=O)OC1CCN(C(=O)/C=C/c2cc(Cl)cc(Cl)c2)CC1. The molecule has 0 aromatic heterocycles. The second-order valence-electron chi connectivity index (χ2n) is 5.75. The van der Waals surface area contributed by atoms with Crippen LogP contribution in [-0.4, -0.2) is 36.0 Å². The molecule has 0 radical (unpaired) electrons. The van der Waals surface area contributed by atoms with Gasteiger partial charge >= 0.3 is 5.97 Å². The maximum Gasteiger partial charge on any atom is 0.333 e. The highest BCUT2D eigenvalue weighted by molar-refractivity contribution is 6.34. The molecule has 6 heteroatoms. The van der Waals surface area contributed by atoms with Gasteiger partial charge in [-0.15, -0.1) is 0 Å². The average Bonchev–Trinajstić information content (AvgIpc) is 2.52. The van der Waals surface area contributed by atoms with E-state index in [-0.39, 0.29) is 18.0 Å². The van der Waals surface area contributed by atoms with Gasteiger partial charge in [0, 0.05) is 47.6 Å². The van der Waals surface area contributed by atoms with E-state index in [2.05, 4.69) is 6.58 Å². The number of halogens is 2. The number of nitrogens with zero attached hydrogens (tertiary/aromatic N) is 1. The molecule has 0 saturated carbocycles. The zero-order valence-corrected chi connectivity index (χ0v) is 14.9. The molecule has 1 amide bonds. The van der Waals surface area contributed by atoms with Crippen LogP contribution in [0.4, 0.5) is 0 Å². The Kier molecular flexibility index (Phi) is 6.46. The summed E-state index contributed by atoms with van der Waals surface area (Å²) < 4.78 is 5.31. The maximum atomic E-state index is 12.2. The molecule has 4 nitrogen and oxygen atoms in total. The van der Waals surface area contributed by atoms with Crippen molar-refractivity contribution in [3.63, 3.8) is 0 Å². The Hall–Kier alpha value is -1.78. The molecular formula is C18H19Cl2NO3. The first kappa shape index (κ1) is 18.6. The van der Waals surface area contributed by atoms with Crippen LogP contribution >= 0.6 is 23.2 Å². The van der Waals surface area contributed by atoms with E-state index in [9.17, 15) is 9.59 Å². The fourth-order valence-electron chi connectivity index (χ4n) is 2.39. The fraction of sp³-hybridized carbons (Fsp3) is 0.333. The summed E-state index contributed by atoms with van der Waals surface area (Å²) in [6, 6.07) is 5.11. The molecule has 1 saturated heterocycles. The van der Waals surface area contributed by atoms with Crippen LogP contribution in [0, 0.1) is 0 Å². The summed E-state index contributed by atoms with van der Waals surface area (Å²) in [6.45, 7) is 6.28. The molecular weight excluding hydrogens is 349 g/mol. The highest BCUT2D eigenvalue weighted by atomic mass is 35.5. The fourth-order valence-corrected chi connectivity index (χ4v) is 2.93. The van der Waals surface area contributed by atoms with E-state index in [4.69, 9.17) is 27.9 Å². The third-order valence-electron chi connectivity index (χ3n) is 3.68. The molecule has 1 heterocycles. The number of ether oxygens (including phenoxy) is 1. The van der Waals surface area contributed by atoms with Crippen molar-refractivity contribution in [2.75, 3.05) is 13.1 Å². The lowest BCUT2D eigenvalue weighted by atomic mass is 10.1. The van der Waals surface area contributed by atoms with Gasteiger partial charge in [0.1, 0.15) is 6.10 Å². The van der Waals surface area contributed by atoms with Crippen molar-refractivity contribution in [3.8, 4) is 0 Å². The van der Waals surface area contributed by atoms with E-state index in [1.807, 2.05) is 0 Å². The van der Waals surface area contributed by atoms with Gasteiger partial charge in [0.15, 0.2) is 0 Å². The first-order valence-corrected chi connectivity index (χ1v) is 8.40. The first-order valence-electron chi connectivity index (χ1n) is 7.64. The van der Waals surface area contributed by atoms with Gasteiger partial charge in [-0.3, -0.25) is 4.79 Å². The molecule has 0 N–H and O–H groups in total. The van der Waals surface area contributed by atoms with E-state index >= 15 is 0 Å². The number of esters is 1. The minimum Gasteiger partial charge on any atom is -0.459 e. The molecule has 0 unspecified atom stereocenters. The number of carbonyl (C=O) groups excluding carboxylic acids is 2. The van der Waals surface area contributed by atoms with Crippen molar-refractivity contribution in [2.24, 2.45) is 0 Å². The predicted octanol–water partition coefficient (Wildman–Crippen LogP) is 4.12. The Balaban J connectivity index is 1.87. The molecule has 0 bridgehead atoms. The number of benzene rings is 1.